The summed E-state index contributed by atoms with van der Waals surface area (Å²) in [4.78, 5) is 38.0. The maximum absolute atomic E-state index is 12.7. The van der Waals surface area contributed by atoms with Crippen molar-refractivity contribution in [2.45, 2.75) is 13.8 Å². The van der Waals surface area contributed by atoms with Gasteiger partial charge in [0.05, 0.1) is 11.8 Å². The van der Waals surface area contributed by atoms with Crippen LogP contribution in [0.4, 0.5) is 11.4 Å². The molecule has 6 heteroatoms. The van der Waals surface area contributed by atoms with Crippen molar-refractivity contribution >= 4 is 29.2 Å². The van der Waals surface area contributed by atoms with Gasteiger partial charge in [0.1, 0.15) is 0 Å². The topological polar surface area (TPSA) is 86.7 Å². The van der Waals surface area contributed by atoms with Gasteiger partial charge < -0.3 is 15.3 Å². The largest absolute Gasteiger partial charge is 0.481 e. The Labute approximate surface area is 157 Å². The van der Waals surface area contributed by atoms with E-state index < -0.39 is 23.2 Å². The molecule has 0 unspecified atom stereocenters. The first-order chi connectivity index (χ1) is 12.7. The van der Waals surface area contributed by atoms with Gasteiger partial charge in [-0.05, 0) is 35.7 Å². The summed E-state index contributed by atoms with van der Waals surface area (Å²) in [5.41, 5.74) is 1.10. The zero-order chi connectivity index (χ0) is 19.8. The zero-order valence-corrected chi connectivity index (χ0v) is 15.5. The van der Waals surface area contributed by atoms with Crippen molar-refractivity contribution < 1.29 is 19.5 Å². The zero-order valence-electron chi connectivity index (χ0n) is 15.5. The lowest BCUT2D eigenvalue weighted by Gasteiger charge is -2.17. The van der Waals surface area contributed by atoms with Gasteiger partial charge >= 0.3 is 5.97 Å². The fraction of sp³-hybridized carbons (Fsp3) is 0.286. The number of carbonyl (C=O) groups excluding carboxylic acids is 2. The van der Waals surface area contributed by atoms with E-state index in [2.05, 4.69) is 5.32 Å². The summed E-state index contributed by atoms with van der Waals surface area (Å²) in [5, 5.41) is 12.0. The number of rotatable bonds is 5. The van der Waals surface area contributed by atoms with E-state index in [1.165, 1.54) is 4.90 Å². The Kier molecular flexibility index (Phi) is 4.74. The summed E-state index contributed by atoms with van der Waals surface area (Å²) in [5.74, 6) is -2.78. The van der Waals surface area contributed by atoms with Crippen LogP contribution in [0.3, 0.4) is 0 Å². The third-order valence-corrected chi connectivity index (χ3v) is 5.20. The molecular weight excluding hydrogens is 344 g/mol. The lowest BCUT2D eigenvalue weighted by atomic mass is 10.1. The average Bonchev–Trinajstić information content (AvgIpc) is 3.24. The van der Waals surface area contributed by atoms with E-state index in [1.54, 1.807) is 45.2 Å². The van der Waals surface area contributed by atoms with Crippen molar-refractivity contribution in [1.82, 2.24) is 0 Å². The molecule has 2 aromatic rings. The number of carboxylic acids is 1. The van der Waals surface area contributed by atoms with Crippen molar-refractivity contribution in [2.75, 3.05) is 17.3 Å². The summed E-state index contributed by atoms with van der Waals surface area (Å²) in [6, 6.07) is 15.9. The molecule has 1 aliphatic rings. The Hall–Kier alpha value is -3.15. The number of hydrogen-bond donors (Lipinski definition) is 2. The van der Waals surface area contributed by atoms with Crippen molar-refractivity contribution in [1.29, 1.82) is 0 Å². The minimum Gasteiger partial charge on any atom is -0.481 e. The van der Waals surface area contributed by atoms with E-state index >= 15 is 0 Å². The lowest BCUT2D eigenvalue weighted by Crippen LogP contribution is -2.26. The van der Waals surface area contributed by atoms with Crippen LogP contribution in [-0.4, -0.2) is 29.9 Å². The van der Waals surface area contributed by atoms with Gasteiger partial charge in [-0.2, -0.15) is 0 Å². The molecule has 0 radical (unpaired) electrons. The van der Waals surface area contributed by atoms with Gasteiger partial charge in [-0.25, -0.2) is 0 Å². The minimum absolute atomic E-state index is 0.201. The second-order valence-corrected chi connectivity index (χ2v) is 7.38. The van der Waals surface area contributed by atoms with Crippen LogP contribution in [0.5, 0.6) is 0 Å². The molecule has 1 aliphatic carbocycles. The van der Waals surface area contributed by atoms with E-state index in [-0.39, 0.29) is 11.8 Å². The van der Waals surface area contributed by atoms with E-state index in [0.717, 1.165) is 5.69 Å². The summed E-state index contributed by atoms with van der Waals surface area (Å²) >= 11 is 0. The highest BCUT2D eigenvalue weighted by molar-refractivity contribution is 6.07. The molecular formula is C21H22N2O4. The number of carbonyl (C=O) groups is 3. The minimum atomic E-state index is -0.964. The molecule has 1 saturated carbocycles. The van der Waals surface area contributed by atoms with Crippen LogP contribution < -0.4 is 10.2 Å². The molecule has 6 nitrogen and oxygen atoms in total. The second kappa shape index (κ2) is 6.87. The van der Waals surface area contributed by atoms with Gasteiger partial charge in [0.15, 0.2) is 0 Å². The molecule has 0 heterocycles. The second-order valence-electron chi connectivity index (χ2n) is 7.38. The fourth-order valence-corrected chi connectivity index (χ4v) is 3.50. The molecule has 2 atom stereocenters. The van der Waals surface area contributed by atoms with Crippen LogP contribution in [-0.2, 0) is 9.59 Å². The maximum atomic E-state index is 12.7. The number of nitrogens with one attached hydrogen (secondary N) is 1. The smallest absolute Gasteiger partial charge is 0.307 e. The highest BCUT2D eigenvalue weighted by Gasteiger charge is 2.65. The number of benzene rings is 2. The number of anilines is 2. The molecule has 2 amide bonds. The monoisotopic (exact) mass is 366 g/mol. The molecule has 0 aliphatic heterocycles. The third-order valence-electron chi connectivity index (χ3n) is 5.20. The summed E-state index contributed by atoms with van der Waals surface area (Å²) in [7, 11) is 1.69. The van der Waals surface area contributed by atoms with Crippen LogP contribution in [0, 0.1) is 17.3 Å². The molecule has 1 fully saturated rings. The fourth-order valence-electron chi connectivity index (χ4n) is 3.50. The summed E-state index contributed by atoms with van der Waals surface area (Å²) in [6.07, 6.45) is 0. The summed E-state index contributed by atoms with van der Waals surface area (Å²) < 4.78 is 0. The van der Waals surface area contributed by atoms with Gasteiger partial charge in [-0.1, -0.05) is 38.1 Å². The Bertz CT molecular complexity index is 892. The van der Waals surface area contributed by atoms with Crippen LogP contribution in [0.25, 0.3) is 0 Å². The Morgan fingerprint density at radius 3 is 2.26 bits per heavy atom. The molecule has 27 heavy (non-hydrogen) atoms. The highest BCUT2D eigenvalue weighted by Crippen LogP contribution is 2.58. The van der Waals surface area contributed by atoms with Gasteiger partial charge in [0.2, 0.25) is 5.91 Å². The van der Waals surface area contributed by atoms with Crippen molar-refractivity contribution in [3.05, 3.63) is 60.2 Å². The summed E-state index contributed by atoms with van der Waals surface area (Å²) in [6.45, 7) is 3.54. The third kappa shape index (κ3) is 3.56. The first-order valence-electron chi connectivity index (χ1n) is 8.70. The molecule has 2 N–H and O–H groups in total. The Morgan fingerprint density at radius 2 is 1.67 bits per heavy atom. The first kappa shape index (κ1) is 18.6. The SMILES string of the molecule is CN(C(=O)c1cccc(NC(=O)[C@@H]2[C@@H](C(=O)O)C2(C)C)c1)c1ccccc1. The van der Waals surface area contributed by atoms with E-state index in [4.69, 9.17) is 0 Å². The average molecular weight is 366 g/mol. The normalized spacial score (nSPS) is 19.8. The number of amides is 2. The lowest BCUT2D eigenvalue weighted by molar-refractivity contribution is -0.140. The highest BCUT2D eigenvalue weighted by atomic mass is 16.4. The van der Waals surface area contributed by atoms with Gasteiger partial charge in [-0.3, -0.25) is 14.4 Å². The molecule has 140 valence electrons. The quantitative estimate of drug-likeness (QED) is 0.850. The molecule has 3 rings (SSSR count). The van der Waals surface area contributed by atoms with Crippen molar-refractivity contribution in [3.63, 3.8) is 0 Å². The van der Waals surface area contributed by atoms with Crippen molar-refractivity contribution in [3.8, 4) is 0 Å². The van der Waals surface area contributed by atoms with Gasteiger partial charge in [-0.15, -0.1) is 0 Å². The Balaban J connectivity index is 1.74. The van der Waals surface area contributed by atoms with E-state index in [1.807, 2.05) is 30.3 Å². The molecule has 0 aromatic heterocycles. The van der Waals surface area contributed by atoms with Crippen LogP contribution in [0.2, 0.25) is 0 Å². The number of carboxylic acid groups (broad SMARTS) is 1. The predicted octanol–water partition coefficient (Wildman–Crippen LogP) is 3.26. The van der Waals surface area contributed by atoms with Crippen molar-refractivity contribution in [2.24, 2.45) is 17.3 Å². The van der Waals surface area contributed by atoms with Crippen LogP contribution in [0.1, 0.15) is 24.2 Å². The Morgan fingerprint density at radius 1 is 1.00 bits per heavy atom. The van der Waals surface area contributed by atoms with E-state index in [0.29, 0.717) is 11.3 Å². The maximum Gasteiger partial charge on any atom is 0.307 e. The molecule has 0 saturated heterocycles. The van der Waals surface area contributed by atoms with Crippen LogP contribution in [0.15, 0.2) is 54.6 Å². The number of para-hydroxylation sites is 1. The predicted molar refractivity (Wildman–Crippen MR) is 103 cm³/mol. The molecule has 2 aromatic carbocycles. The number of hydrogen-bond acceptors (Lipinski definition) is 3. The van der Waals surface area contributed by atoms with Gasteiger partial charge in [0.25, 0.3) is 5.91 Å². The van der Waals surface area contributed by atoms with Gasteiger partial charge in [0, 0.05) is 24.0 Å². The van der Waals surface area contributed by atoms with E-state index in [9.17, 15) is 19.5 Å². The first-order valence-corrected chi connectivity index (χ1v) is 8.70. The standard InChI is InChI=1S/C21H22N2O4/c1-21(2)16(17(21)20(26)27)18(24)22-14-9-7-8-13(12-14)19(25)23(3)15-10-5-4-6-11-15/h4-12,16-17H,1-3H3,(H,22,24)(H,26,27)/t16-,17-/m0/s1. The number of aliphatic carboxylic acids is 1. The molecule has 0 spiro atoms. The number of nitrogens with zero attached hydrogens (tertiary/aromatic N) is 1. The molecule has 0 bridgehead atoms. The van der Waals surface area contributed by atoms with Crippen LogP contribution >= 0.6 is 0 Å².